The minimum Gasteiger partial charge on any atom is -0.477 e. The Kier molecular flexibility index (Phi) is 4.56. The third kappa shape index (κ3) is 4.91. The van der Waals surface area contributed by atoms with Crippen molar-refractivity contribution < 1.29 is 23.0 Å². The first-order valence-electron chi connectivity index (χ1n) is 5.57. The first-order valence-corrected chi connectivity index (χ1v) is 5.57. The van der Waals surface area contributed by atoms with Crippen molar-refractivity contribution in [3.8, 4) is 5.88 Å². The normalized spacial score (nSPS) is 12.6. The van der Waals surface area contributed by atoms with Crippen LogP contribution < -0.4 is 4.74 Å². The molecule has 0 aliphatic carbocycles. The number of ether oxygens (including phenoxy) is 1. The van der Waals surface area contributed by atoms with Crippen molar-refractivity contribution in [2.45, 2.75) is 38.5 Å². The van der Waals surface area contributed by atoms with E-state index < -0.39 is 23.2 Å². The molecule has 18 heavy (non-hydrogen) atoms. The Bertz CT molecular complexity index is 386. The summed E-state index contributed by atoms with van der Waals surface area (Å²) < 4.78 is 42.8. The predicted molar refractivity (Wildman–Crippen MR) is 60.3 cm³/mol. The highest BCUT2D eigenvalue weighted by atomic mass is 19.4. The van der Waals surface area contributed by atoms with Gasteiger partial charge in [0.25, 0.3) is 0 Å². The van der Waals surface area contributed by atoms with Crippen molar-refractivity contribution >= 4 is 0 Å². The van der Waals surface area contributed by atoms with Crippen LogP contribution in [0.3, 0.4) is 0 Å². The van der Waals surface area contributed by atoms with Gasteiger partial charge in [-0.3, -0.25) is 0 Å². The lowest BCUT2D eigenvalue weighted by Crippen LogP contribution is -2.19. The Hall–Kier alpha value is -1.30. The summed E-state index contributed by atoms with van der Waals surface area (Å²) in [5.41, 5.74) is -1.73. The SMILES string of the molecule is CC(C)(O)CCCOc1ncccc1C(F)(F)F. The molecule has 1 rings (SSSR count). The predicted octanol–water partition coefficient (Wildman–Crippen LogP) is 3.03. The van der Waals surface area contributed by atoms with Gasteiger partial charge in [0, 0.05) is 6.20 Å². The molecule has 0 amide bonds. The van der Waals surface area contributed by atoms with Crippen LogP contribution in [0.4, 0.5) is 13.2 Å². The van der Waals surface area contributed by atoms with Gasteiger partial charge in [-0.25, -0.2) is 4.98 Å². The first-order chi connectivity index (χ1) is 8.20. The molecule has 1 aromatic rings. The molecule has 0 aliphatic heterocycles. The van der Waals surface area contributed by atoms with E-state index in [4.69, 9.17) is 4.74 Å². The standard InChI is InChI=1S/C12H16F3NO2/c1-11(2,17)6-4-8-18-10-9(12(13,14)15)5-3-7-16-10/h3,5,7,17H,4,6,8H2,1-2H3. The molecular weight excluding hydrogens is 247 g/mol. The molecule has 1 N–H and O–H groups in total. The zero-order valence-corrected chi connectivity index (χ0v) is 10.3. The molecule has 0 saturated heterocycles. The van der Waals surface area contributed by atoms with Crippen LogP contribution in [0.25, 0.3) is 0 Å². The highest BCUT2D eigenvalue weighted by molar-refractivity contribution is 5.28. The van der Waals surface area contributed by atoms with Crippen LogP contribution in [0.5, 0.6) is 5.88 Å². The van der Waals surface area contributed by atoms with Gasteiger partial charge in [0.05, 0.1) is 12.2 Å². The minimum atomic E-state index is -4.47. The Morgan fingerprint density at radius 1 is 1.33 bits per heavy atom. The highest BCUT2D eigenvalue weighted by Gasteiger charge is 2.34. The maximum Gasteiger partial charge on any atom is 0.421 e. The van der Waals surface area contributed by atoms with Crippen molar-refractivity contribution in [3.63, 3.8) is 0 Å². The Labute approximate surface area is 104 Å². The van der Waals surface area contributed by atoms with E-state index in [2.05, 4.69) is 4.98 Å². The maximum absolute atomic E-state index is 12.6. The molecule has 0 fully saturated rings. The third-order valence-corrected chi connectivity index (χ3v) is 2.25. The summed E-state index contributed by atoms with van der Waals surface area (Å²) in [6, 6.07) is 2.14. The minimum absolute atomic E-state index is 0.0874. The average Bonchev–Trinajstić information content (AvgIpc) is 2.22. The zero-order valence-electron chi connectivity index (χ0n) is 10.3. The number of aromatic nitrogens is 1. The topological polar surface area (TPSA) is 42.4 Å². The molecule has 1 heterocycles. The van der Waals surface area contributed by atoms with Crippen LogP contribution in [0.1, 0.15) is 32.3 Å². The number of aliphatic hydroxyl groups is 1. The number of rotatable bonds is 5. The zero-order chi connectivity index (χ0) is 13.8. The molecule has 1 aromatic heterocycles. The van der Waals surface area contributed by atoms with Crippen LogP contribution in [0.15, 0.2) is 18.3 Å². The third-order valence-electron chi connectivity index (χ3n) is 2.25. The second-order valence-electron chi connectivity index (χ2n) is 4.62. The van der Waals surface area contributed by atoms with Gasteiger partial charge in [-0.1, -0.05) is 0 Å². The van der Waals surface area contributed by atoms with Gasteiger partial charge in [-0.2, -0.15) is 13.2 Å². The summed E-state index contributed by atoms with van der Waals surface area (Å²) >= 11 is 0. The van der Waals surface area contributed by atoms with E-state index in [1.54, 1.807) is 13.8 Å². The summed E-state index contributed by atoms with van der Waals surface area (Å²) in [7, 11) is 0. The van der Waals surface area contributed by atoms with Gasteiger partial charge in [-0.05, 0) is 38.8 Å². The molecule has 0 saturated carbocycles. The van der Waals surface area contributed by atoms with Crippen molar-refractivity contribution in [1.82, 2.24) is 4.98 Å². The fraction of sp³-hybridized carbons (Fsp3) is 0.583. The lowest BCUT2D eigenvalue weighted by atomic mass is 10.0. The molecule has 0 radical (unpaired) electrons. The number of halogens is 3. The van der Waals surface area contributed by atoms with E-state index in [1.165, 1.54) is 12.3 Å². The molecule has 102 valence electrons. The molecular formula is C12H16F3NO2. The summed E-state index contributed by atoms with van der Waals surface area (Å²) in [6.45, 7) is 3.36. The van der Waals surface area contributed by atoms with Crippen molar-refractivity contribution in [2.24, 2.45) is 0 Å². The van der Waals surface area contributed by atoms with E-state index in [1.807, 2.05) is 0 Å². The van der Waals surface area contributed by atoms with E-state index in [0.717, 1.165) is 6.07 Å². The van der Waals surface area contributed by atoms with Crippen LogP contribution in [0.2, 0.25) is 0 Å². The Balaban J connectivity index is 2.58. The molecule has 6 heteroatoms. The summed E-state index contributed by atoms with van der Waals surface area (Å²) in [4.78, 5) is 3.57. The number of nitrogens with zero attached hydrogens (tertiary/aromatic N) is 1. The average molecular weight is 263 g/mol. The number of pyridine rings is 1. The molecule has 0 aliphatic rings. The van der Waals surface area contributed by atoms with Gasteiger partial charge in [0.1, 0.15) is 5.56 Å². The second-order valence-corrected chi connectivity index (χ2v) is 4.62. The van der Waals surface area contributed by atoms with Gasteiger partial charge >= 0.3 is 6.18 Å². The summed E-state index contributed by atoms with van der Waals surface area (Å²) in [5, 5.41) is 9.45. The van der Waals surface area contributed by atoms with Crippen molar-refractivity contribution in [1.29, 1.82) is 0 Å². The molecule has 0 unspecified atom stereocenters. The quantitative estimate of drug-likeness (QED) is 0.830. The molecule has 0 atom stereocenters. The molecule has 3 nitrogen and oxygen atoms in total. The van der Waals surface area contributed by atoms with E-state index in [-0.39, 0.29) is 6.61 Å². The van der Waals surface area contributed by atoms with Gasteiger partial charge in [-0.15, -0.1) is 0 Å². The van der Waals surface area contributed by atoms with Gasteiger partial charge in [0.2, 0.25) is 5.88 Å². The maximum atomic E-state index is 12.6. The second kappa shape index (κ2) is 5.56. The van der Waals surface area contributed by atoms with Crippen LogP contribution in [0, 0.1) is 0 Å². The smallest absolute Gasteiger partial charge is 0.421 e. The van der Waals surface area contributed by atoms with Crippen LogP contribution in [-0.4, -0.2) is 22.3 Å². The lowest BCUT2D eigenvalue weighted by Gasteiger charge is -2.17. The van der Waals surface area contributed by atoms with Crippen LogP contribution in [-0.2, 0) is 6.18 Å². The van der Waals surface area contributed by atoms with Crippen LogP contribution >= 0.6 is 0 Å². The van der Waals surface area contributed by atoms with E-state index in [9.17, 15) is 18.3 Å². The highest BCUT2D eigenvalue weighted by Crippen LogP contribution is 2.34. The van der Waals surface area contributed by atoms with E-state index in [0.29, 0.717) is 12.8 Å². The monoisotopic (exact) mass is 263 g/mol. The summed E-state index contributed by atoms with van der Waals surface area (Å²) in [6.07, 6.45) is -2.32. The summed E-state index contributed by atoms with van der Waals surface area (Å²) in [5.74, 6) is -0.416. The van der Waals surface area contributed by atoms with Crippen molar-refractivity contribution in [3.05, 3.63) is 23.9 Å². The number of hydrogen-bond acceptors (Lipinski definition) is 3. The molecule has 0 aromatic carbocycles. The van der Waals surface area contributed by atoms with Crippen molar-refractivity contribution in [2.75, 3.05) is 6.61 Å². The fourth-order valence-electron chi connectivity index (χ4n) is 1.40. The largest absolute Gasteiger partial charge is 0.477 e. The number of hydrogen-bond donors (Lipinski definition) is 1. The molecule has 0 bridgehead atoms. The van der Waals surface area contributed by atoms with Gasteiger partial charge in [0.15, 0.2) is 0 Å². The Morgan fingerprint density at radius 2 is 2.00 bits per heavy atom. The Morgan fingerprint density at radius 3 is 2.56 bits per heavy atom. The molecule has 0 spiro atoms. The van der Waals surface area contributed by atoms with E-state index >= 15 is 0 Å². The lowest BCUT2D eigenvalue weighted by molar-refractivity contribution is -0.139. The fourth-order valence-corrected chi connectivity index (χ4v) is 1.40. The first kappa shape index (κ1) is 14.8. The van der Waals surface area contributed by atoms with Gasteiger partial charge < -0.3 is 9.84 Å². The number of alkyl halides is 3.